The van der Waals surface area contributed by atoms with Crippen LogP contribution in [0.2, 0.25) is 0 Å². The van der Waals surface area contributed by atoms with Crippen LogP contribution < -0.4 is 5.32 Å². The molecule has 0 saturated heterocycles. The van der Waals surface area contributed by atoms with Gasteiger partial charge in [0.15, 0.2) is 0 Å². The molecule has 0 aromatic carbocycles. The van der Waals surface area contributed by atoms with Crippen molar-refractivity contribution in [2.45, 2.75) is 51.1 Å². The zero-order chi connectivity index (χ0) is 8.10. The second-order valence-electron chi connectivity index (χ2n) is 3.46. The van der Waals surface area contributed by atoms with Gasteiger partial charge in [-0.25, -0.2) is 0 Å². The van der Waals surface area contributed by atoms with Crippen molar-refractivity contribution in [3.05, 3.63) is 0 Å². The molecule has 11 heavy (non-hydrogen) atoms. The van der Waals surface area contributed by atoms with Gasteiger partial charge >= 0.3 is 0 Å². The van der Waals surface area contributed by atoms with E-state index >= 15 is 0 Å². The lowest BCUT2D eigenvalue weighted by Crippen LogP contribution is -2.34. The van der Waals surface area contributed by atoms with Crippen LogP contribution in [0.15, 0.2) is 0 Å². The van der Waals surface area contributed by atoms with E-state index in [4.69, 9.17) is 6.42 Å². The van der Waals surface area contributed by atoms with Crippen molar-refractivity contribution in [2.24, 2.45) is 0 Å². The van der Waals surface area contributed by atoms with Crippen LogP contribution in [0.4, 0.5) is 0 Å². The van der Waals surface area contributed by atoms with Crippen LogP contribution in [0.5, 0.6) is 0 Å². The summed E-state index contributed by atoms with van der Waals surface area (Å²) in [7, 11) is 0. The lowest BCUT2D eigenvalue weighted by atomic mass is 10.2. The first-order valence-corrected chi connectivity index (χ1v) is 4.52. The number of rotatable bonds is 3. The Morgan fingerprint density at radius 2 is 2.18 bits per heavy atom. The third-order valence-corrected chi connectivity index (χ3v) is 2.30. The Labute approximate surface area is 69.6 Å². The zero-order valence-corrected chi connectivity index (χ0v) is 7.27. The molecule has 0 aliphatic heterocycles. The molecular weight excluding hydrogens is 134 g/mol. The van der Waals surface area contributed by atoms with Crippen LogP contribution >= 0.6 is 0 Å². The molecule has 1 saturated carbocycles. The van der Waals surface area contributed by atoms with Crippen molar-refractivity contribution in [2.75, 3.05) is 0 Å². The highest BCUT2D eigenvalue weighted by Gasteiger charge is 2.15. The minimum atomic E-state index is 0.503. The maximum atomic E-state index is 5.21. The smallest absolute Gasteiger partial charge is 0.0238 e. The molecule has 0 amide bonds. The molecule has 1 atom stereocenters. The van der Waals surface area contributed by atoms with Gasteiger partial charge in [0.25, 0.3) is 0 Å². The fourth-order valence-electron chi connectivity index (χ4n) is 1.73. The van der Waals surface area contributed by atoms with E-state index < -0.39 is 0 Å². The first-order valence-electron chi connectivity index (χ1n) is 4.52. The minimum Gasteiger partial charge on any atom is -0.311 e. The Hall–Kier alpha value is -0.480. The van der Waals surface area contributed by atoms with Crippen LogP contribution in [-0.2, 0) is 0 Å². The van der Waals surface area contributed by atoms with Gasteiger partial charge in [-0.15, -0.1) is 12.3 Å². The van der Waals surface area contributed by atoms with E-state index in [2.05, 4.69) is 18.2 Å². The molecule has 1 N–H and O–H groups in total. The first kappa shape index (κ1) is 8.62. The lowest BCUT2D eigenvalue weighted by molar-refractivity contribution is 0.455. The molecule has 1 aliphatic carbocycles. The molecule has 1 fully saturated rings. The molecular formula is C10H17N. The number of hydrogen-bond acceptors (Lipinski definition) is 1. The Kier molecular flexibility index (Phi) is 3.45. The second-order valence-corrected chi connectivity index (χ2v) is 3.46. The van der Waals surface area contributed by atoms with Crippen molar-refractivity contribution < 1.29 is 0 Å². The van der Waals surface area contributed by atoms with Crippen LogP contribution in [0.3, 0.4) is 0 Å². The van der Waals surface area contributed by atoms with E-state index in [0.29, 0.717) is 6.04 Å². The van der Waals surface area contributed by atoms with Crippen LogP contribution in [0, 0.1) is 12.3 Å². The van der Waals surface area contributed by atoms with E-state index in [1.807, 2.05) is 0 Å². The molecule has 0 aromatic rings. The summed E-state index contributed by atoms with van der Waals surface area (Å²) in [6.07, 6.45) is 11.5. The largest absolute Gasteiger partial charge is 0.311 e. The van der Waals surface area contributed by atoms with Gasteiger partial charge in [0, 0.05) is 18.5 Å². The molecule has 1 heteroatoms. The van der Waals surface area contributed by atoms with E-state index in [0.717, 1.165) is 12.5 Å². The van der Waals surface area contributed by atoms with E-state index in [1.165, 1.54) is 25.7 Å². The minimum absolute atomic E-state index is 0.503. The van der Waals surface area contributed by atoms with Gasteiger partial charge in [-0.05, 0) is 19.8 Å². The normalized spacial score (nSPS) is 21.5. The molecule has 1 aliphatic rings. The van der Waals surface area contributed by atoms with Crippen molar-refractivity contribution in [1.29, 1.82) is 0 Å². The highest BCUT2D eigenvalue weighted by Crippen LogP contribution is 2.18. The summed E-state index contributed by atoms with van der Waals surface area (Å²) < 4.78 is 0. The lowest BCUT2D eigenvalue weighted by Gasteiger charge is -2.16. The van der Waals surface area contributed by atoms with Crippen LogP contribution in [0.1, 0.15) is 39.0 Å². The number of terminal acetylenes is 1. The van der Waals surface area contributed by atoms with E-state index in [-0.39, 0.29) is 0 Å². The van der Waals surface area contributed by atoms with Gasteiger partial charge in [0.05, 0.1) is 0 Å². The topological polar surface area (TPSA) is 12.0 Å². The summed E-state index contributed by atoms with van der Waals surface area (Å²) in [5, 5.41) is 3.54. The standard InChI is InChI=1S/C10H17N/c1-3-6-9(2)11-10-7-4-5-8-10/h1,9-11H,4-8H2,2H3. The third-order valence-electron chi connectivity index (χ3n) is 2.30. The molecule has 62 valence electrons. The number of hydrogen-bond donors (Lipinski definition) is 1. The molecule has 1 nitrogen and oxygen atoms in total. The summed E-state index contributed by atoms with van der Waals surface area (Å²) in [6.45, 7) is 2.16. The summed E-state index contributed by atoms with van der Waals surface area (Å²) >= 11 is 0. The fourth-order valence-corrected chi connectivity index (χ4v) is 1.73. The molecule has 1 unspecified atom stereocenters. The van der Waals surface area contributed by atoms with Gasteiger partial charge in [0.2, 0.25) is 0 Å². The van der Waals surface area contributed by atoms with Gasteiger partial charge in [-0.3, -0.25) is 0 Å². The van der Waals surface area contributed by atoms with Gasteiger partial charge in [0.1, 0.15) is 0 Å². The summed E-state index contributed by atoms with van der Waals surface area (Å²) in [6, 6.07) is 1.25. The van der Waals surface area contributed by atoms with Crippen molar-refractivity contribution in [3.63, 3.8) is 0 Å². The average Bonchev–Trinajstić information content (AvgIpc) is 2.40. The summed E-state index contributed by atoms with van der Waals surface area (Å²) in [5.74, 6) is 2.68. The summed E-state index contributed by atoms with van der Waals surface area (Å²) in [5.41, 5.74) is 0. The molecule has 0 heterocycles. The molecule has 0 bridgehead atoms. The SMILES string of the molecule is C#CCC(C)NC1CCCC1. The van der Waals surface area contributed by atoms with Gasteiger partial charge in [-0.2, -0.15) is 0 Å². The molecule has 1 rings (SSSR count). The summed E-state index contributed by atoms with van der Waals surface area (Å²) in [4.78, 5) is 0. The molecule has 0 spiro atoms. The zero-order valence-electron chi connectivity index (χ0n) is 7.27. The molecule has 0 radical (unpaired) electrons. The fraction of sp³-hybridized carbons (Fsp3) is 0.800. The van der Waals surface area contributed by atoms with E-state index in [9.17, 15) is 0 Å². The predicted octanol–water partition coefficient (Wildman–Crippen LogP) is 1.93. The van der Waals surface area contributed by atoms with Gasteiger partial charge in [-0.1, -0.05) is 12.8 Å². The maximum Gasteiger partial charge on any atom is 0.0238 e. The highest BCUT2D eigenvalue weighted by molar-refractivity contribution is 4.89. The Morgan fingerprint density at radius 1 is 1.55 bits per heavy atom. The van der Waals surface area contributed by atoms with Gasteiger partial charge < -0.3 is 5.32 Å². The molecule has 0 aromatic heterocycles. The Balaban J connectivity index is 2.14. The van der Waals surface area contributed by atoms with Crippen molar-refractivity contribution in [1.82, 2.24) is 5.32 Å². The van der Waals surface area contributed by atoms with Crippen molar-refractivity contribution >= 4 is 0 Å². The maximum absolute atomic E-state index is 5.21. The quantitative estimate of drug-likeness (QED) is 0.608. The van der Waals surface area contributed by atoms with Crippen LogP contribution in [-0.4, -0.2) is 12.1 Å². The van der Waals surface area contributed by atoms with Crippen molar-refractivity contribution in [3.8, 4) is 12.3 Å². The first-order chi connectivity index (χ1) is 5.33. The third kappa shape index (κ3) is 2.95. The highest BCUT2D eigenvalue weighted by atomic mass is 14.9. The van der Waals surface area contributed by atoms with E-state index in [1.54, 1.807) is 0 Å². The Bertz CT molecular complexity index is 139. The number of nitrogens with one attached hydrogen (secondary N) is 1. The predicted molar refractivity (Wildman–Crippen MR) is 48.3 cm³/mol. The average molecular weight is 151 g/mol. The monoisotopic (exact) mass is 151 g/mol. The Morgan fingerprint density at radius 3 is 2.73 bits per heavy atom. The van der Waals surface area contributed by atoms with Crippen LogP contribution in [0.25, 0.3) is 0 Å². The second kappa shape index (κ2) is 4.41.